The van der Waals surface area contributed by atoms with Gasteiger partial charge in [0.15, 0.2) is 0 Å². The number of nitrogens with one attached hydrogen (secondary N) is 2. The van der Waals surface area contributed by atoms with Crippen molar-refractivity contribution in [3.63, 3.8) is 0 Å². The highest BCUT2D eigenvalue weighted by Crippen LogP contribution is 2.39. The second kappa shape index (κ2) is 16.2. The maximum Gasteiger partial charge on any atom is 0.150 e. The van der Waals surface area contributed by atoms with Gasteiger partial charge in [-0.15, -0.1) is 0 Å². The number of aromatic amines is 1. The quantitative estimate of drug-likeness (QED) is 0.264. The van der Waals surface area contributed by atoms with E-state index < -0.39 is 0 Å². The summed E-state index contributed by atoms with van der Waals surface area (Å²) in [6.07, 6.45) is 62.4. The molecule has 0 amide bonds. The van der Waals surface area contributed by atoms with Crippen molar-refractivity contribution in [2.75, 3.05) is 0 Å². The lowest BCUT2D eigenvalue weighted by Crippen LogP contribution is -2.42. The van der Waals surface area contributed by atoms with Crippen molar-refractivity contribution in [1.29, 1.82) is 0 Å². The van der Waals surface area contributed by atoms with Gasteiger partial charge in [0.25, 0.3) is 0 Å². The average molecular weight is 750 g/mol. The lowest BCUT2D eigenvalue weighted by Gasteiger charge is -2.41. The van der Waals surface area contributed by atoms with Crippen molar-refractivity contribution >= 4 is 11.5 Å². The Bertz CT molecular complexity index is 2270. The highest BCUT2D eigenvalue weighted by Gasteiger charge is 2.35. The summed E-state index contributed by atoms with van der Waals surface area (Å²) in [5.74, 6) is 2.15. The maximum absolute atomic E-state index is 5.56. The number of hydrogen-bond acceptors (Lipinski definition) is 4. The largest absolute Gasteiger partial charge is 0.351 e. The molecule has 1 aromatic heterocycles. The third-order valence-corrected chi connectivity index (χ3v) is 13.2. The number of H-pyrrole nitrogens is 1. The van der Waals surface area contributed by atoms with Crippen molar-refractivity contribution in [1.82, 2.24) is 15.2 Å². The van der Waals surface area contributed by atoms with Crippen molar-refractivity contribution in [2.45, 2.75) is 95.3 Å². The van der Waals surface area contributed by atoms with Gasteiger partial charge in [0.05, 0.1) is 29.2 Å². The van der Waals surface area contributed by atoms with Gasteiger partial charge in [0.2, 0.25) is 0 Å². The fourth-order valence-electron chi connectivity index (χ4n) is 10.0. The molecule has 10 rings (SSSR count). The third kappa shape index (κ3) is 7.57. The van der Waals surface area contributed by atoms with Crippen LogP contribution in [0.15, 0.2) is 189 Å². The Morgan fingerprint density at radius 3 is 2.18 bits per heavy atom. The molecule has 7 aliphatic carbocycles. The molecular weight excluding hydrogens is 695 g/mol. The van der Waals surface area contributed by atoms with Crippen LogP contribution in [0.1, 0.15) is 88.4 Å². The zero-order valence-corrected chi connectivity index (χ0v) is 33.1. The van der Waals surface area contributed by atoms with Crippen LogP contribution >= 0.6 is 0 Å². The smallest absolute Gasteiger partial charge is 0.150 e. The summed E-state index contributed by atoms with van der Waals surface area (Å²) < 4.78 is 0. The van der Waals surface area contributed by atoms with Gasteiger partial charge in [-0.25, -0.2) is 0 Å². The summed E-state index contributed by atoms with van der Waals surface area (Å²) in [6, 6.07) is 4.77. The molecule has 0 spiro atoms. The number of hydrogen-bond donors (Lipinski definition) is 2. The number of rotatable bonds is 9. The minimum Gasteiger partial charge on any atom is -0.351 e. The lowest BCUT2D eigenvalue weighted by molar-refractivity contribution is 0.215. The van der Waals surface area contributed by atoms with E-state index in [9.17, 15) is 0 Å². The van der Waals surface area contributed by atoms with E-state index in [1.54, 1.807) is 0 Å². The van der Waals surface area contributed by atoms with E-state index in [0.717, 1.165) is 106 Å². The van der Waals surface area contributed by atoms with Gasteiger partial charge in [-0.3, -0.25) is 9.98 Å². The summed E-state index contributed by atoms with van der Waals surface area (Å²) in [7, 11) is 0. The Hall–Kier alpha value is -5.42. The van der Waals surface area contributed by atoms with Gasteiger partial charge in [-0.05, 0) is 129 Å². The van der Waals surface area contributed by atoms with Gasteiger partial charge in [0.1, 0.15) is 12.0 Å². The highest BCUT2D eigenvalue weighted by atomic mass is 15.3. The summed E-state index contributed by atoms with van der Waals surface area (Å²) >= 11 is 0. The number of amidine groups is 1. The molecule has 2 aliphatic heterocycles. The molecule has 0 bridgehead atoms. The van der Waals surface area contributed by atoms with Crippen LogP contribution in [0.25, 0.3) is 0 Å². The molecule has 5 nitrogen and oxygen atoms in total. The van der Waals surface area contributed by atoms with Crippen molar-refractivity contribution in [3.8, 4) is 0 Å². The molecule has 6 unspecified atom stereocenters. The van der Waals surface area contributed by atoms with E-state index in [4.69, 9.17) is 9.98 Å². The van der Waals surface area contributed by atoms with E-state index in [1.165, 1.54) is 33.6 Å². The number of aliphatic imine (C=N–C) groups is 2. The van der Waals surface area contributed by atoms with E-state index in [-0.39, 0.29) is 18.2 Å². The first-order chi connectivity index (χ1) is 28.2. The second-order valence-corrected chi connectivity index (χ2v) is 16.8. The molecule has 0 aromatic carbocycles. The van der Waals surface area contributed by atoms with Crippen molar-refractivity contribution < 1.29 is 0 Å². The summed E-state index contributed by atoms with van der Waals surface area (Å²) in [5.41, 5.74) is 12.9. The number of aromatic nitrogens is 1. The topological polar surface area (TPSA) is 55.8 Å². The minimum absolute atomic E-state index is 0.0568. The normalized spacial score (nSPS) is 30.2. The molecule has 6 atom stereocenters. The Labute approximate surface area is 339 Å². The van der Waals surface area contributed by atoms with Crippen LogP contribution in [0.2, 0.25) is 0 Å². The van der Waals surface area contributed by atoms with Crippen LogP contribution in [0.4, 0.5) is 0 Å². The number of allylic oxidation sites excluding steroid dienone is 20. The van der Waals surface area contributed by atoms with Crippen molar-refractivity contribution in [3.05, 3.63) is 190 Å². The summed E-state index contributed by atoms with van der Waals surface area (Å²) in [4.78, 5) is 17.4. The zero-order valence-electron chi connectivity index (χ0n) is 33.1. The van der Waals surface area contributed by atoms with Gasteiger partial charge in [-0.1, -0.05) is 115 Å². The molecule has 5 heteroatoms. The molecular formula is C52H55N5. The monoisotopic (exact) mass is 749 g/mol. The second-order valence-electron chi connectivity index (χ2n) is 16.8. The SMILES string of the molecule is C1=CCC(C2C=C(C3=CCC(C4=CCCC=C4)C=C3)NC(c3ccc(C4=NC(N(C5=CCC(C6=CCCC=C6)C=C5)C5CC=CC6=C5C=CCC6)CC4)[nH]3)=N2)C=C1. The first-order valence-electron chi connectivity index (χ1n) is 21.7. The molecule has 3 heterocycles. The zero-order chi connectivity index (χ0) is 38.0. The van der Waals surface area contributed by atoms with Crippen LogP contribution < -0.4 is 5.32 Å². The van der Waals surface area contributed by atoms with Crippen molar-refractivity contribution in [2.24, 2.45) is 27.7 Å². The van der Waals surface area contributed by atoms with E-state index in [0.29, 0.717) is 17.8 Å². The minimum atomic E-state index is 0.0568. The first kappa shape index (κ1) is 36.0. The average Bonchev–Trinajstić information content (AvgIpc) is 3.99. The molecule has 0 fully saturated rings. The Morgan fingerprint density at radius 2 is 1.44 bits per heavy atom. The van der Waals surface area contributed by atoms with Gasteiger partial charge in [-0.2, -0.15) is 0 Å². The van der Waals surface area contributed by atoms with E-state index in [1.807, 2.05) is 0 Å². The molecule has 57 heavy (non-hydrogen) atoms. The maximum atomic E-state index is 5.56. The molecule has 9 aliphatic rings. The van der Waals surface area contributed by atoms with Gasteiger partial charge < -0.3 is 15.2 Å². The van der Waals surface area contributed by atoms with Gasteiger partial charge in [0, 0.05) is 29.1 Å². The summed E-state index contributed by atoms with van der Waals surface area (Å²) in [5, 5.41) is 3.77. The molecule has 0 radical (unpaired) electrons. The fourth-order valence-corrected chi connectivity index (χ4v) is 10.0. The molecule has 0 saturated heterocycles. The van der Waals surface area contributed by atoms with Crippen LogP contribution in [0, 0.1) is 17.8 Å². The Balaban J connectivity index is 0.910. The predicted molar refractivity (Wildman–Crippen MR) is 237 cm³/mol. The van der Waals surface area contributed by atoms with E-state index >= 15 is 0 Å². The van der Waals surface area contributed by atoms with Crippen LogP contribution in [0.3, 0.4) is 0 Å². The van der Waals surface area contributed by atoms with Crippen LogP contribution in [-0.2, 0) is 0 Å². The number of nitrogens with zero attached hydrogens (tertiary/aromatic N) is 3. The summed E-state index contributed by atoms with van der Waals surface area (Å²) in [6.45, 7) is 0. The molecule has 0 saturated carbocycles. The third-order valence-electron chi connectivity index (χ3n) is 13.2. The first-order valence-corrected chi connectivity index (χ1v) is 21.7. The van der Waals surface area contributed by atoms with E-state index in [2.05, 4.69) is 155 Å². The van der Waals surface area contributed by atoms with Crippen LogP contribution in [0.5, 0.6) is 0 Å². The Kier molecular flexibility index (Phi) is 10.2. The highest BCUT2D eigenvalue weighted by molar-refractivity contribution is 6.04. The molecule has 2 N–H and O–H groups in total. The fraction of sp³-hybridized carbons (Fsp3) is 0.346. The Morgan fingerprint density at radius 1 is 0.632 bits per heavy atom. The molecule has 288 valence electrons. The standard InChI is InChI=1S/C52H55N5/c1-4-13-36(14-5-1)38-23-25-42(26-24-38)49-35-48(41-18-8-3-9-19-41)55-52(56-49)47-32-31-45(53-47)46-33-34-51(54-46)57(50-22-12-20-40-17-10-11-21-44(40)50)43-29-27-39(28-30-43)37-15-6-2-7-16-37/h3-4,6,8-9,11-16,18,20-21,23,25-27,29-32,35,38-39,41,48,50-51,53H,1-2,5,7,10,17,19,22,24,28,33-34H2,(H,55,56). The lowest BCUT2D eigenvalue weighted by atomic mass is 9.84. The van der Waals surface area contributed by atoms with Gasteiger partial charge >= 0.3 is 0 Å². The molecule has 1 aromatic rings. The van der Waals surface area contributed by atoms with Crippen LogP contribution in [-0.4, -0.2) is 39.7 Å². The predicted octanol–water partition coefficient (Wildman–Crippen LogP) is 11.5.